The van der Waals surface area contributed by atoms with Crippen LogP contribution in [0.2, 0.25) is 0 Å². The number of rotatable bonds is 4. The van der Waals surface area contributed by atoms with E-state index in [0.29, 0.717) is 11.5 Å². The lowest BCUT2D eigenvalue weighted by molar-refractivity contribution is -0.115. The minimum atomic E-state index is -0.114. The van der Waals surface area contributed by atoms with Gasteiger partial charge in [-0.3, -0.25) is 9.36 Å². The highest BCUT2D eigenvalue weighted by molar-refractivity contribution is 7.09. The van der Waals surface area contributed by atoms with Gasteiger partial charge in [0.15, 0.2) is 5.82 Å². The van der Waals surface area contributed by atoms with Crippen molar-refractivity contribution in [3.8, 4) is 5.82 Å². The van der Waals surface area contributed by atoms with Crippen LogP contribution in [0.25, 0.3) is 5.82 Å². The summed E-state index contributed by atoms with van der Waals surface area (Å²) in [5.74, 6) is 1.35. The fraction of sp³-hybridized carbons (Fsp3) is 0.200. The Kier molecular flexibility index (Phi) is 3.97. The summed E-state index contributed by atoms with van der Waals surface area (Å²) in [4.78, 5) is 25.0. The van der Waals surface area contributed by atoms with Crippen LogP contribution in [0.1, 0.15) is 16.5 Å². The second kappa shape index (κ2) is 6.07. The predicted octanol–water partition coefficient (Wildman–Crippen LogP) is 2.52. The Labute approximate surface area is 131 Å². The number of nitrogens with zero attached hydrogens (tertiary/aromatic N) is 4. The number of hydrogen-bond acceptors (Lipinski definition) is 5. The molecule has 0 saturated heterocycles. The van der Waals surface area contributed by atoms with Gasteiger partial charge in [-0.05, 0) is 26.0 Å². The van der Waals surface area contributed by atoms with Crippen molar-refractivity contribution in [3.05, 3.63) is 52.6 Å². The van der Waals surface area contributed by atoms with Gasteiger partial charge in [-0.15, -0.1) is 11.3 Å². The third-order valence-corrected chi connectivity index (χ3v) is 3.95. The molecule has 0 fully saturated rings. The Morgan fingerprint density at radius 2 is 2.18 bits per heavy atom. The first-order valence-corrected chi connectivity index (χ1v) is 7.67. The molecule has 0 radical (unpaired) electrons. The zero-order valence-electron chi connectivity index (χ0n) is 12.3. The van der Waals surface area contributed by atoms with Gasteiger partial charge in [0.05, 0.1) is 22.8 Å². The fourth-order valence-electron chi connectivity index (χ4n) is 2.14. The molecule has 0 spiro atoms. The van der Waals surface area contributed by atoms with Gasteiger partial charge in [-0.2, -0.15) is 0 Å². The highest BCUT2D eigenvalue weighted by Crippen LogP contribution is 2.19. The maximum Gasteiger partial charge on any atom is 0.230 e. The van der Waals surface area contributed by atoms with Gasteiger partial charge in [-0.1, -0.05) is 0 Å². The molecular weight excluding hydrogens is 298 g/mol. The van der Waals surface area contributed by atoms with E-state index in [1.807, 2.05) is 36.1 Å². The van der Waals surface area contributed by atoms with Crippen LogP contribution in [0, 0.1) is 13.8 Å². The van der Waals surface area contributed by atoms with E-state index in [-0.39, 0.29) is 12.3 Å². The summed E-state index contributed by atoms with van der Waals surface area (Å²) in [5.41, 5.74) is 1.44. The van der Waals surface area contributed by atoms with Crippen molar-refractivity contribution >= 4 is 22.9 Å². The van der Waals surface area contributed by atoms with Crippen LogP contribution in [0.5, 0.6) is 0 Å². The van der Waals surface area contributed by atoms with Crippen LogP contribution in [-0.4, -0.2) is 25.4 Å². The largest absolute Gasteiger partial charge is 0.323 e. The van der Waals surface area contributed by atoms with Crippen molar-refractivity contribution in [1.82, 2.24) is 19.5 Å². The monoisotopic (exact) mass is 313 g/mol. The van der Waals surface area contributed by atoms with E-state index in [1.54, 1.807) is 18.5 Å². The lowest BCUT2D eigenvalue weighted by Crippen LogP contribution is -2.17. The van der Waals surface area contributed by atoms with Gasteiger partial charge in [0.2, 0.25) is 5.91 Å². The van der Waals surface area contributed by atoms with E-state index < -0.39 is 0 Å². The summed E-state index contributed by atoms with van der Waals surface area (Å²) in [5, 5.41) is 5.76. The number of carbonyl (C=O) groups is 1. The van der Waals surface area contributed by atoms with Crippen molar-refractivity contribution in [2.75, 3.05) is 5.32 Å². The number of imidazole rings is 1. The molecule has 1 amide bonds. The van der Waals surface area contributed by atoms with Crippen molar-refractivity contribution in [3.63, 3.8) is 0 Å². The summed E-state index contributed by atoms with van der Waals surface area (Å²) in [6.45, 7) is 3.81. The van der Waals surface area contributed by atoms with E-state index in [2.05, 4.69) is 20.3 Å². The van der Waals surface area contributed by atoms with Gasteiger partial charge in [0.25, 0.3) is 0 Å². The summed E-state index contributed by atoms with van der Waals surface area (Å²) in [6.07, 6.45) is 5.46. The minimum absolute atomic E-state index is 0.114. The highest BCUT2D eigenvalue weighted by atomic mass is 32.1. The van der Waals surface area contributed by atoms with E-state index in [1.165, 1.54) is 11.3 Å². The average Bonchev–Trinajstić information content (AvgIpc) is 3.08. The normalized spacial score (nSPS) is 10.6. The van der Waals surface area contributed by atoms with Crippen molar-refractivity contribution in [1.29, 1.82) is 0 Å². The molecule has 3 aromatic rings. The fourth-order valence-corrected chi connectivity index (χ4v) is 2.75. The number of thiazole rings is 1. The summed E-state index contributed by atoms with van der Waals surface area (Å²) in [6, 6.07) is 3.62. The molecule has 0 bridgehead atoms. The van der Waals surface area contributed by atoms with Gasteiger partial charge >= 0.3 is 0 Å². The Balaban J connectivity index is 1.81. The molecule has 112 valence electrons. The molecule has 0 aliphatic rings. The van der Waals surface area contributed by atoms with E-state index in [9.17, 15) is 4.79 Å². The van der Waals surface area contributed by atoms with E-state index >= 15 is 0 Å². The molecular formula is C15H15N5OS. The standard InChI is InChI=1S/C15H15N5OS/c1-10-16-6-7-20(10)15-13(4-3-5-17-15)19-14(21)8-12-9-22-11(2)18-12/h3-7,9H,8H2,1-2H3,(H,19,21). The van der Waals surface area contributed by atoms with Crippen molar-refractivity contribution in [2.45, 2.75) is 20.3 Å². The lowest BCUT2D eigenvalue weighted by Gasteiger charge is -2.11. The van der Waals surface area contributed by atoms with Crippen LogP contribution in [-0.2, 0) is 11.2 Å². The zero-order chi connectivity index (χ0) is 15.5. The Hall–Kier alpha value is -2.54. The third kappa shape index (κ3) is 3.04. The van der Waals surface area contributed by atoms with Crippen molar-refractivity contribution < 1.29 is 4.79 Å². The van der Waals surface area contributed by atoms with Crippen LogP contribution in [0.3, 0.4) is 0 Å². The maximum atomic E-state index is 12.2. The van der Waals surface area contributed by atoms with Gasteiger partial charge in [-0.25, -0.2) is 15.0 Å². The molecule has 1 N–H and O–H groups in total. The third-order valence-electron chi connectivity index (χ3n) is 3.12. The van der Waals surface area contributed by atoms with E-state index in [0.717, 1.165) is 16.5 Å². The molecule has 6 nitrogen and oxygen atoms in total. The smallest absolute Gasteiger partial charge is 0.230 e. The van der Waals surface area contributed by atoms with Crippen molar-refractivity contribution in [2.24, 2.45) is 0 Å². The highest BCUT2D eigenvalue weighted by Gasteiger charge is 2.12. The molecule has 0 unspecified atom stereocenters. The molecule has 7 heteroatoms. The molecule has 0 atom stereocenters. The summed E-state index contributed by atoms with van der Waals surface area (Å²) < 4.78 is 1.84. The summed E-state index contributed by atoms with van der Waals surface area (Å²) >= 11 is 1.54. The average molecular weight is 313 g/mol. The SMILES string of the molecule is Cc1nc(CC(=O)Nc2cccnc2-n2ccnc2C)cs1. The number of aromatic nitrogens is 4. The number of amides is 1. The number of anilines is 1. The molecule has 0 aliphatic heterocycles. The molecule has 0 saturated carbocycles. The minimum Gasteiger partial charge on any atom is -0.323 e. The quantitative estimate of drug-likeness (QED) is 0.803. The molecule has 3 aromatic heterocycles. The lowest BCUT2D eigenvalue weighted by atomic mass is 10.3. The van der Waals surface area contributed by atoms with Gasteiger partial charge in [0, 0.05) is 24.0 Å². The molecule has 22 heavy (non-hydrogen) atoms. The number of nitrogens with one attached hydrogen (secondary N) is 1. The van der Waals surface area contributed by atoms with Gasteiger partial charge < -0.3 is 5.32 Å². The first-order chi connectivity index (χ1) is 10.6. The van der Waals surface area contributed by atoms with Crippen LogP contribution < -0.4 is 5.32 Å². The number of carbonyl (C=O) groups excluding carboxylic acids is 1. The summed E-state index contributed by atoms with van der Waals surface area (Å²) in [7, 11) is 0. The topological polar surface area (TPSA) is 72.7 Å². The first-order valence-electron chi connectivity index (χ1n) is 6.79. The second-order valence-corrected chi connectivity index (χ2v) is 5.86. The Bertz CT molecular complexity index is 808. The Morgan fingerprint density at radius 3 is 2.86 bits per heavy atom. The number of aryl methyl sites for hydroxylation is 2. The van der Waals surface area contributed by atoms with Crippen LogP contribution in [0.15, 0.2) is 36.1 Å². The first kappa shape index (κ1) is 14.4. The second-order valence-electron chi connectivity index (χ2n) is 4.80. The molecule has 3 heterocycles. The number of hydrogen-bond donors (Lipinski definition) is 1. The van der Waals surface area contributed by atoms with E-state index in [4.69, 9.17) is 0 Å². The van der Waals surface area contributed by atoms with Crippen LogP contribution in [0.4, 0.5) is 5.69 Å². The maximum absolute atomic E-state index is 12.2. The zero-order valence-corrected chi connectivity index (χ0v) is 13.1. The Morgan fingerprint density at radius 1 is 1.32 bits per heavy atom. The van der Waals surface area contributed by atoms with Crippen LogP contribution >= 0.6 is 11.3 Å². The molecule has 0 aromatic carbocycles. The molecule has 3 rings (SSSR count). The molecule has 0 aliphatic carbocycles. The predicted molar refractivity (Wildman–Crippen MR) is 85.3 cm³/mol. The number of pyridine rings is 1. The van der Waals surface area contributed by atoms with Gasteiger partial charge in [0.1, 0.15) is 5.82 Å².